The number of benzene rings is 1. The molecule has 5 atom stereocenters. The van der Waals surface area contributed by atoms with Crippen LogP contribution in [0.5, 0.6) is 0 Å². The second kappa shape index (κ2) is 7.56. The number of nitrogens with zero attached hydrogens (tertiary/aromatic N) is 3. The van der Waals surface area contributed by atoms with Crippen LogP contribution >= 0.6 is 0 Å². The quantitative estimate of drug-likeness (QED) is 0.436. The maximum atomic E-state index is 10.3. The van der Waals surface area contributed by atoms with Crippen molar-refractivity contribution in [3.63, 3.8) is 0 Å². The van der Waals surface area contributed by atoms with Crippen molar-refractivity contribution in [2.45, 2.75) is 37.1 Å². The molecule has 9 heteroatoms. The lowest BCUT2D eigenvalue weighted by molar-refractivity contribution is -0.234. The minimum Gasteiger partial charge on any atom is -0.394 e. The van der Waals surface area contributed by atoms with Gasteiger partial charge >= 0.3 is 0 Å². The fraction of sp³-hybridized carbons (Fsp3) is 0.500. The molecule has 1 aromatic heterocycles. The van der Waals surface area contributed by atoms with Crippen molar-refractivity contribution in [2.75, 3.05) is 13.2 Å². The molecule has 1 saturated heterocycles. The van der Waals surface area contributed by atoms with Crippen LogP contribution in [0.1, 0.15) is 11.9 Å². The second-order valence-corrected chi connectivity index (χ2v) is 5.86. The summed E-state index contributed by atoms with van der Waals surface area (Å²) in [5.41, 5.74) is 0.741. The van der Waals surface area contributed by atoms with Gasteiger partial charge in [0.25, 0.3) is 0 Å². The Morgan fingerprint density at radius 1 is 1.00 bits per heavy atom. The Labute approximate surface area is 143 Å². The van der Waals surface area contributed by atoms with Gasteiger partial charge < -0.3 is 30.3 Å². The number of aliphatic hydroxyl groups excluding tert-OH is 5. The molecule has 5 N–H and O–H groups in total. The molecule has 0 bridgehead atoms. The molecule has 0 spiro atoms. The lowest BCUT2D eigenvalue weighted by atomic mass is 9.94. The van der Waals surface area contributed by atoms with Crippen LogP contribution in [0.25, 0.3) is 11.4 Å². The lowest BCUT2D eigenvalue weighted by Crippen LogP contribution is -2.55. The molecule has 25 heavy (non-hydrogen) atoms. The second-order valence-electron chi connectivity index (χ2n) is 5.86. The largest absolute Gasteiger partial charge is 0.394 e. The van der Waals surface area contributed by atoms with E-state index in [4.69, 9.17) is 4.74 Å². The molecule has 3 rings (SSSR count). The van der Waals surface area contributed by atoms with Crippen molar-refractivity contribution in [2.24, 2.45) is 0 Å². The number of hydrogen-bond donors (Lipinski definition) is 5. The van der Waals surface area contributed by atoms with Crippen LogP contribution in [0.2, 0.25) is 0 Å². The van der Waals surface area contributed by atoms with Gasteiger partial charge in [-0.05, 0) is 0 Å². The summed E-state index contributed by atoms with van der Waals surface area (Å²) in [5, 5.41) is 53.1. The molecule has 0 unspecified atom stereocenters. The first-order valence-corrected chi connectivity index (χ1v) is 7.98. The molecule has 1 fully saturated rings. The number of rotatable bonds is 5. The van der Waals surface area contributed by atoms with Gasteiger partial charge in [-0.25, -0.2) is 9.67 Å². The van der Waals surface area contributed by atoms with E-state index in [2.05, 4.69) is 10.1 Å². The highest BCUT2D eigenvalue weighted by molar-refractivity contribution is 5.54. The minimum atomic E-state index is -1.50. The molecular formula is C16H21N3O6. The Morgan fingerprint density at radius 3 is 2.36 bits per heavy atom. The van der Waals surface area contributed by atoms with Gasteiger partial charge in [0.15, 0.2) is 11.6 Å². The minimum absolute atomic E-state index is 0.115. The molecule has 9 nitrogen and oxygen atoms in total. The standard InChI is InChI=1S/C16H21N3O6/c20-7-6-19-16(17-15(18-19)9-4-2-1-3-5-9)14-13(24)12(23)11(22)10(8-21)25-14/h1-5,10-14,20-24H,6-8H2/t10-,11-,12+,13-,14-/m1/s1. The van der Waals surface area contributed by atoms with Gasteiger partial charge in [0.1, 0.15) is 30.5 Å². The first-order chi connectivity index (χ1) is 12.1. The van der Waals surface area contributed by atoms with Crippen LogP contribution in [-0.4, -0.2) is 77.9 Å². The maximum absolute atomic E-state index is 10.3. The van der Waals surface area contributed by atoms with E-state index in [0.29, 0.717) is 5.82 Å². The molecule has 1 aliphatic heterocycles. The predicted octanol–water partition coefficient (Wildman–Crippen LogP) is -1.55. The van der Waals surface area contributed by atoms with Crippen molar-refractivity contribution in [3.8, 4) is 11.4 Å². The highest BCUT2D eigenvalue weighted by atomic mass is 16.5. The molecule has 136 valence electrons. The molecule has 1 aromatic carbocycles. The van der Waals surface area contributed by atoms with Crippen molar-refractivity contribution >= 4 is 0 Å². The molecule has 0 radical (unpaired) electrons. The average molecular weight is 351 g/mol. The lowest BCUT2D eigenvalue weighted by Gasteiger charge is -2.39. The van der Waals surface area contributed by atoms with Gasteiger partial charge in [0, 0.05) is 5.56 Å². The fourth-order valence-electron chi connectivity index (χ4n) is 2.85. The van der Waals surface area contributed by atoms with Crippen LogP contribution in [0, 0.1) is 0 Å². The Hall–Kier alpha value is -1.88. The third-order valence-corrected chi connectivity index (χ3v) is 4.19. The molecule has 2 aromatic rings. The summed E-state index contributed by atoms with van der Waals surface area (Å²) in [4.78, 5) is 4.38. The summed E-state index contributed by atoms with van der Waals surface area (Å²) in [7, 11) is 0. The van der Waals surface area contributed by atoms with E-state index in [9.17, 15) is 25.5 Å². The van der Waals surface area contributed by atoms with E-state index < -0.39 is 37.1 Å². The first-order valence-electron chi connectivity index (χ1n) is 7.98. The number of aliphatic hydroxyl groups is 5. The summed E-state index contributed by atoms with van der Waals surface area (Å²) >= 11 is 0. The van der Waals surface area contributed by atoms with Gasteiger partial charge in [-0.2, -0.15) is 5.10 Å². The molecule has 1 aliphatic rings. The Bertz CT molecular complexity index is 692. The van der Waals surface area contributed by atoms with Crippen molar-refractivity contribution in [3.05, 3.63) is 36.2 Å². The van der Waals surface area contributed by atoms with E-state index in [0.717, 1.165) is 5.56 Å². The summed E-state index contributed by atoms with van der Waals surface area (Å²) in [6, 6.07) is 9.14. The van der Waals surface area contributed by atoms with Crippen LogP contribution in [0.15, 0.2) is 30.3 Å². The third kappa shape index (κ3) is 3.43. The van der Waals surface area contributed by atoms with Crippen LogP contribution in [0.4, 0.5) is 0 Å². The van der Waals surface area contributed by atoms with E-state index in [1.54, 1.807) is 0 Å². The SMILES string of the molecule is OCCn1nc(-c2ccccc2)nc1[C@@H]1O[C@H](CO)[C@@H](O)[C@H](O)[C@H]1O. The Morgan fingerprint density at radius 2 is 1.72 bits per heavy atom. The topological polar surface area (TPSA) is 141 Å². The van der Waals surface area contributed by atoms with E-state index >= 15 is 0 Å². The molecule has 0 saturated carbocycles. The van der Waals surface area contributed by atoms with Crippen LogP contribution in [0.3, 0.4) is 0 Å². The van der Waals surface area contributed by atoms with Gasteiger partial charge in [0.2, 0.25) is 0 Å². The maximum Gasteiger partial charge on any atom is 0.181 e. The molecule has 0 amide bonds. The van der Waals surface area contributed by atoms with E-state index in [1.807, 2.05) is 30.3 Å². The number of hydrogen-bond acceptors (Lipinski definition) is 8. The highest BCUT2D eigenvalue weighted by Crippen LogP contribution is 2.32. The van der Waals surface area contributed by atoms with Crippen molar-refractivity contribution in [1.82, 2.24) is 14.8 Å². The zero-order valence-corrected chi connectivity index (χ0v) is 13.4. The van der Waals surface area contributed by atoms with Crippen LogP contribution in [-0.2, 0) is 11.3 Å². The van der Waals surface area contributed by atoms with Crippen molar-refractivity contribution < 1.29 is 30.3 Å². The number of ether oxygens (including phenoxy) is 1. The van der Waals surface area contributed by atoms with Crippen molar-refractivity contribution in [1.29, 1.82) is 0 Å². The summed E-state index contributed by atoms with van der Waals surface area (Å²) < 4.78 is 6.92. The van der Waals surface area contributed by atoms with E-state index in [-0.39, 0.29) is 19.0 Å². The zero-order chi connectivity index (χ0) is 18.0. The van der Waals surface area contributed by atoms with Gasteiger partial charge in [-0.15, -0.1) is 0 Å². The van der Waals surface area contributed by atoms with Gasteiger partial charge in [-0.1, -0.05) is 30.3 Å². The van der Waals surface area contributed by atoms with Gasteiger partial charge in [-0.3, -0.25) is 0 Å². The summed E-state index contributed by atoms with van der Waals surface area (Å²) in [6.07, 6.45) is -6.55. The molecular weight excluding hydrogens is 330 g/mol. The average Bonchev–Trinajstić information content (AvgIpc) is 3.05. The zero-order valence-electron chi connectivity index (χ0n) is 13.4. The Balaban J connectivity index is 1.98. The summed E-state index contributed by atoms with van der Waals surface area (Å²) in [5.74, 6) is 0.575. The third-order valence-electron chi connectivity index (χ3n) is 4.19. The Kier molecular flexibility index (Phi) is 5.42. The normalized spacial score (nSPS) is 29.7. The molecule has 2 heterocycles. The number of aromatic nitrogens is 3. The monoisotopic (exact) mass is 351 g/mol. The summed E-state index contributed by atoms with van der Waals surface area (Å²) in [6.45, 7) is -0.618. The predicted molar refractivity (Wildman–Crippen MR) is 85.3 cm³/mol. The smallest absolute Gasteiger partial charge is 0.181 e. The van der Waals surface area contributed by atoms with Crippen LogP contribution < -0.4 is 0 Å². The highest BCUT2D eigenvalue weighted by Gasteiger charge is 2.46. The fourth-order valence-corrected chi connectivity index (χ4v) is 2.85. The van der Waals surface area contributed by atoms with E-state index in [1.165, 1.54) is 4.68 Å². The molecule has 0 aliphatic carbocycles. The van der Waals surface area contributed by atoms with Gasteiger partial charge in [0.05, 0.1) is 19.8 Å². The first kappa shape index (κ1) is 17.9.